The molecule has 0 amide bonds. The molecular weight excluding hydrogens is 329 g/mol. The van der Waals surface area contributed by atoms with Crippen molar-refractivity contribution in [1.82, 2.24) is 0 Å². The Kier molecular flexibility index (Phi) is 4.67. The van der Waals surface area contributed by atoms with Crippen molar-refractivity contribution in [3.05, 3.63) is 88.6 Å². The molecule has 0 aliphatic rings. The van der Waals surface area contributed by atoms with Crippen LogP contribution in [0.3, 0.4) is 0 Å². The fourth-order valence-electron chi connectivity index (χ4n) is 2.41. The Morgan fingerprint density at radius 2 is 1.88 bits per heavy atom. The number of furan rings is 1. The Balaban J connectivity index is 1.98. The predicted octanol–water partition coefficient (Wildman–Crippen LogP) is 5.42. The summed E-state index contributed by atoms with van der Waals surface area (Å²) in [7, 11) is 0. The summed E-state index contributed by atoms with van der Waals surface area (Å²) in [5.41, 5.74) is 0.696. The number of hydrogen-bond acceptors (Lipinski definition) is 3. The lowest BCUT2D eigenvalue weighted by atomic mass is 10.0. The van der Waals surface area contributed by atoms with Crippen molar-refractivity contribution in [3.8, 4) is 0 Å². The van der Waals surface area contributed by atoms with Crippen LogP contribution in [0.2, 0.25) is 5.02 Å². The van der Waals surface area contributed by atoms with E-state index < -0.39 is 11.9 Å². The van der Waals surface area contributed by atoms with Gasteiger partial charge in [0.05, 0.1) is 5.69 Å². The van der Waals surface area contributed by atoms with Gasteiger partial charge in [0.2, 0.25) is 0 Å². The fraction of sp³-hybridized carbons (Fsp3) is 0.105. The largest absolute Gasteiger partial charge is 0.464 e. The molecule has 1 heterocycles. The van der Waals surface area contributed by atoms with Crippen molar-refractivity contribution in [2.45, 2.75) is 13.0 Å². The molecule has 0 radical (unpaired) electrons. The van der Waals surface area contributed by atoms with Gasteiger partial charge in [-0.25, -0.2) is 4.39 Å². The molecule has 0 aliphatic heterocycles. The van der Waals surface area contributed by atoms with Crippen LogP contribution in [0, 0.1) is 12.7 Å². The second kappa shape index (κ2) is 6.89. The monoisotopic (exact) mass is 343 g/mol. The van der Waals surface area contributed by atoms with E-state index in [2.05, 4.69) is 5.32 Å². The van der Waals surface area contributed by atoms with Crippen molar-refractivity contribution in [1.29, 1.82) is 0 Å². The first-order chi connectivity index (χ1) is 11.5. The lowest BCUT2D eigenvalue weighted by molar-refractivity contribution is 0.0960. The molecule has 24 heavy (non-hydrogen) atoms. The average molecular weight is 344 g/mol. The summed E-state index contributed by atoms with van der Waals surface area (Å²) in [6.45, 7) is 1.79. The summed E-state index contributed by atoms with van der Waals surface area (Å²) in [4.78, 5) is 12.9. The molecule has 5 heteroatoms. The molecule has 0 bridgehead atoms. The molecule has 1 unspecified atom stereocenters. The maximum Gasteiger partial charge on any atom is 0.192 e. The van der Waals surface area contributed by atoms with Gasteiger partial charge in [-0.2, -0.15) is 0 Å². The minimum atomic E-state index is -0.836. The third kappa shape index (κ3) is 3.49. The van der Waals surface area contributed by atoms with Gasteiger partial charge in [-0.3, -0.25) is 4.79 Å². The van der Waals surface area contributed by atoms with Crippen molar-refractivity contribution in [2.75, 3.05) is 5.32 Å². The highest BCUT2D eigenvalue weighted by atomic mass is 35.5. The number of anilines is 1. The van der Waals surface area contributed by atoms with Gasteiger partial charge in [-0.15, -0.1) is 0 Å². The minimum absolute atomic E-state index is 0.183. The molecule has 0 saturated carbocycles. The third-order valence-corrected chi connectivity index (χ3v) is 3.83. The number of aryl methyl sites for hydroxylation is 1. The van der Waals surface area contributed by atoms with Crippen molar-refractivity contribution >= 4 is 23.1 Å². The molecule has 0 fully saturated rings. The van der Waals surface area contributed by atoms with Crippen molar-refractivity contribution in [2.24, 2.45) is 0 Å². The second-order valence-corrected chi connectivity index (χ2v) is 5.82. The normalized spacial score (nSPS) is 12.0. The number of carbonyl (C=O) groups excluding carboxylic acids is 1. The molecule has 0 aliphatic carbocycles. The average Bonchev–Trinajstić information content (AvgIpc) is 3.00. The Bertz CT molecular complexity index is 861. The standard InChI is InChI=1S/C19H15ClFNO2/c1-12-7-10-17(24-12)18(19(23)13-5-3-2-4-6-13)22-16-9-8-14(20)11-15(16)21/h2-11,18,22H,1H3. The summed E-state index contributed by atoms with van der Waals surface area (Å²) in [5.74, 6) is 0.362. The fourth-order valence-corrected chi connectivity index (χ4v) is 2.56. The van der Waals surface area contributed by atoms with Gasteiger partial charge in [-0.05, 0) is 37.3 Å². The van der Waals surface area contributed by atoms with Crippen LogP contribution in [-0.2, 0) is 0 Å². The van der Waals surface area contributed by atoms with Gasteiger partial charge in [0.25, 0.3) is 0 Å². The van der Waals surface area contributed by atoms with E-state index in [-0.39, 0.29) is 16.5 Å². The van der Waals surface area contributed by atoms with Crippen LogP contribution in [0.25, 0.3) is 0 Å². The van der Waals surface area contributed by atoms with E-state index in [1.807, 2.05) is 6.07 Å². The molecule has 1 aromatic heterocycles. The van der Waals surface area contributed by atoms with E-state index in [1.165, 1.54) is 12.1 Å². The Hall–Kier alpha value is -2.59. The predicted molar refractivity (Wildman–Crippen MR) is 92.0 cm³/mol. The van der Waals surface area contributed by atoms with E-state index in [1.54, 1.807) is 49.4 Å². The Morgan fingerprint density at radius 3 is 2.50 bits per heavy atom. The Labute approximate surface area is 144 Å². The first kappa shape index (κ1) is 16.3. The minimum Gasteiger partial charge on any atom is -0.464 e. The Morgan fingerprint density at radius 1 is 1.12 bits per heavy atom. The highest BCUT2D eigenvalue weighted by Gasteiger charge is 2.25. The number of ketones is 1. The molecule has 122 valence electrons. The molecule has 0 spiro atoms. The first-order valence-electron chi connectivity index (χ1n) is 7.42. The van der Waals surface area contributed by atoms with Crippen molar-refractivity contribution < 1.29 is 13.6 Å². The first-order valence-corrected chi connectivity index (χ1v) is 7.79. The quantitative estimate of drug-likeness (QED) is 0.629. The zero-order chi connectivity index (χ0) is 17.1. The molecule has 2 aromatic carbocycles. The lowest BCUT2D eigenvalue weighted by Crippen LogP contribution is -2.21. The molecule has 1 atom stereocenters. The van der Waals surface area contributed by atoms with Gasteiger partial charge in [-0.1, -0.05) is 41.9 Å². The van der Waals surface area contributed by atoms with Gasteiger partial charge in [0.15, 0.2) is 5.78 Å². The van der Waals surface area contributed by atoms with Crippen LogP contribution in [-0.4, -0.2) is 5.78 Å². The number of Topliss-reactive ketones (excluding diaryl/α,β-unsaturated/α-hetero) is 1. The number of carbonyl (C=O) groups is 1. The van der Waals surface area contributed by atoms with Gasteiger partial charge >= 0.3 is 0 Å². The molecule has 0 saturated heterocycles. The van der Waals surface area contributed by atoms with Crippen molar-refractivity contribution in [3.63, 3.8) is 0 Å². The lowest BCUT2D eigenvalue weighted by Gasteiger charge is -2.17. The molecule has 1 N–H and O–H groups in total. The summed E-state index contributed by atoms with van der Waals surface area (Å²) in [6.07, 6.45) is 0. The second-order valence-electron chi connectivity index (χ2n) is 5.38. The zero-order valence-electron chi connectivity index (χ0n) is 12.9. The van der Waals surface area contributed by atoms with Crippen LogP contribution in [0.5, 0.6) is 0 Å². The molecule has 3 nitrogen and oxygen atoms in total. The highest BCUT2D eigenvalue weighted by Crippen LogP contribution is 2.28. The smallest absolute Gasteiger partial charge is 0.192 e. The third-order valence-electron chi connectivity index (χ3n) is 3.60. The highest BCUT2D eigenvalue weighted by molar-refractivity contribution is 6.30. The maximum absolute atomic E-state index is 14.1. The SMILES string of the molecule is Cc1ccc(C(Nc2ccc(Cl)cc2F)C(=O)c2ccccc2)o1. The summed E-state index contributed by atoms with van der Waals surface area (Å²) in [5, 5.41) is 3.22. The van der Waals surface area contributed by atoms with E-state index in [0.717, 1.165) is 0 Å². The van der Waals surface area contributed by atoms with E-state index in [9.17, 15) is 9.18 Å². The van der Waals surface area contributed by atoms with E-state index in [4.69, 9.17) is 16.0 Å². The summed E-state index contributed by atoms with van der Waals surface area (Å²) < 4.78 is 19.7. The number of rotatable bonds is 5. The van der Waals surface area contributed by atoms with E-state index in [0.29, 0.717) is 17.1 Å². The zero-order valence-corrected chi connectivity index (χ0v) is 13.7. The molecular formula is C19H15ClFNO2. The summed E-state index contributed by atoms with van der Waals surface area (Å²) in [6, 6.07) is 15.7. The van der Waals surface area contributed by atoms with Crippen LogP contribution in [0.4, 0.5) is 10.1 Å². The number of halogens is 2. The molecule has 3 rings (SSSR count). The van der Waals surface area contributed by atoms with Gasteiger partial charge in [0, 0.05) is 10.6 Å². The molecule has 3 aromatic rings. The number of benzene rings is 2. The number of hydrogen-bond donors (Lipinski definition) is 1. The van der Waals surface area contributed by atoms with Gasteiger partial charge < -0.3 is 9.73 Å². The van der Waals surface area contributed by atoms with E-state index >= 15 is 0 Å². The number of nitrogens with one attached hydrogen (secondary N) is 1. The summed E-state index contributed by atoms with van der Waals surface area (Å²) >= 11 is 5.78. The van der Waals surface area contributed by atoms with Crippen LogP contribution in [0.1, 0.15) is 27.9 Å². The van der Waals surface area contributed by atoms with Crippen LogP contribution < -0.4 is 5.32 Å². The van der Waals surface area contributed by atoms with Gasteiger partial charge in [0.1, 0.15) is 23.4 Å². The van der Waals surface area contributed by atoms with Crippen LogP contribution in [0.15, 0.2) is 65.1 Å². The topological polar surface area (TPSA) is 42.2 Å². The van der Waals surface area contributed by atoms with Crippen LogP contribution >= 0.6 is 11.6 Å². The maximum atomic E-state index is 14.1.